The van der Waals surface area contributed by atoms with Crippen LogP contribution in [0.5, 0.6) is 0 Å². The molecule has 0 aliphatic carbocycles. The van der Waals surface area contributed by atoms with Crippen LogP contribution >= 0.6 is 0 Å². The summed E-state index contributed by atoms with van der Waals surface area (Å²) in [5, 5.41) is 22.2. The third-order valence-corrected chi connectivity index (χ3v) is 3.23. The van der Waals surface area contributed by atoms with Gasteiger partial charge in [-0.15, -0.1) is 0 Å². The van der Waals surface area contributed by atoms with Gasteiger partial charge in [0.2, 0.25) is 0 Å². The van der Waals surface area contributed by atoms with Gasteiger partial charge < -0.3 is 25.3 Å². The molecule has 1 aromatic heterocycles. The van der Waals surface area contributed by atoms with Crippen LogP contribution in [0.3, 0.4) is 0 Å². The van der Waals surface area contributed by atoms with Crippen molar-refractivity contribution in [1.29, 1.82) is 0 Å². The summed E-state index contributed by atoms with van der Waals surface area (Å²) in [7, 11) is 1.40. The number of ether oxygens (including phenoxy) is 1. The van der Waals surface area contributed by atoms with Crippen LogP contribution in [0.25, 0.3) is 0 Å². The molecule has 0 bridgehead atoms. The van der Waals surface area contributed by atoms with E-state index in [9.17, 15) is 19.7 Å². The molecule has 2 N–H and O–H groups in total. The number of nitrogens with one attached hydrogen (secondary N) is 1. The van der Waals surface area contributed by atoms with Crippen LogP contribution in [-0.4, -0.2) is 45.7 Å². The number of carboxylic acids is 1. The van der Waals surface area contributed by atoms with Gasteiger partial charge in [0.1, 0.15) is 5.92 Å². The maximum Gasteiger partial charge on any atom is 0.323 e. The summed E-state index contributed by atoms with van der Waals surface area (Å²) in [5.74, 6) is -2.64. The Labute approximate surface area is 113 Å². The summed E-state index contributed by atoms with van der Waals surface area (Å²) in [6, 6.07) is 1.89. The van der Waals surface area contributed by atoms with Gasteiger partial charge in [-0.3, -0.25) is 9.59 Å². The maximum absolute atomic E-state index is 12.0. The second-order valence-electron chi connectivity index (χ2n) is 4.46. The van der Waals surface area contributed by atoms with E-state index in [1.165, 1.54) is 19.2 Å². The van der Waals surface area contributed by atoms with E-state index in [2.05, 4.69) is 5.32 Å². The van der Waals surface area contributed by atoms with Crippen molar-refractivity contribution in [3.63, 3.8) is 0 Å². The van der Waals surface area contributed by atoms with Crippen LogP contribution in [0.2, 0.25) is 0 Å². The van der Waals surface area contributed by atoms with Crippen molar-refractivity contribution in [2.45, 2.75) is 6.04 Å². The molecule has 2 rings (SSSR count). The highest BCUT2D eigenvalue weighted by Gasteiger charge is 2.36. The molecule has 0 radical (unpaired) electrons. The number of aliphatic carboxylic acids is 1. The first kappa shape index (κ1) is 14.0. The molecular weight excluding hydrogens is 270 g/mol. The fourth-order valence-electron chi connectivity index (χ4n) is 2.09. The fourth-order valence-corrected chi connectivity index (χ4v) is 2.09. The number of nitro groups is 1. The lowest BCUT2D eigenvalue weighted by atomic mass is 10.0. The van der Waals surface area contributed by atoms with E-state index in [0.29, 0.717) is 0 Å². The van der Waals surface area contributed by atoms with Gasteiger partial charge >= 0.3 is 11.8 Å². The molecule has 9 nitrogen and oxygen atoms in total. The second-order valence-corrected chi connectivity index (χ2v) is 4.46. The van der Waals surface area contributed by atoms with Gasteiger partial charge in [-0.1, -0.05) is 0 Å². The summed E-state index contributed by atoms with van der Waals surface area (Å²) >= 11 is 0. The van der Waals surface area contributed by atoms with E-state index >= 15 is 0 Å². The minimum Gasteiger partial charge on any atom is -0.481 e. The van der Waals surface area contributed by atoms with Gasteiger partial charge in [0.25, 0.3) is 5.91 Å². The molecule has 1 aliphatic rings. The van der Waals surface area contributed by atoms with E-state index < -0.39 is 28.8 Å². The number of nitrogens with zero attached hydrogens (tertiary/aromatic N) is 2. The molecule has 2 heterocycles. The van der Waals surface area contributed by atoms with Gasteiger partial charge in [0.15, 0.2) is 5.69 Å². The lowest BCUT2D eigenvalue weighted by Gasteiger charge is -2.14. The van der Waals surface area contributed by atoms with E-state index in [1.54, 1.807) is 0 Å². The summed E-state index contributed by atoms with van der Waals surface area (Å²) in [6.07, 6.45) is 0. The minimum atomic E-state index is -1.05. The fraction of sp³-hybridized carbons (Fsp3) is 0.455. The molecule has 1 aliphatic heterocycles. The Bertz CT molecular complexity index is 567. The molecule has 1 amide bonds. The number of carbonyl (C=O) groups is 2. The molecule has 2 atom stereocenters. The first-order valence-corrected chi connectivity index (χ1v) is 5.83. The predicted molar refractivity (Wildman–Crippen MR) is 65.3 cm³/mol. The molecule has 2 unspecified atom stereocenters. The maximum atomic E-state index is 12.0. The minimum absolute atomic E-state index is 0.0353. The number of hydrogen-bond donors (Lipinski definition) is 2. The average Bonchev–Trinajstić information content (AvgIpc) is 2.95. The molecule has 1 aromatic rings. The molecule has 0 saturated carbocycles. The quantitative estimate of drug-likeness (QED) is 0.580. The molecular formula is C11H13N3O6. The first-order chi connectivity index (χ1) is 9.41. The smallest absolute Gasteiger partial charge is 0.323 e. The summed E-state index contributed by atoms with van der Waals surface area (Å²) in [5.41, 5.74) is 0.0905. The third kappa shape index (κ3) is 2.48. The van der Waals surface area contributed by atoms with Gasteiger partial charge in [-0.2, -0.15) is 0 Å². The van der Waals surface area contributed by atoms with Crippen molar-refractivity contribution in [1.82, 2.24) is 9.88 Å². The molecule has 1 saturated heterocycles. The Balaban J connectivity index is 2.13. The van der Waals surface area contributed by atoms with E-state index in [1.807, 2.05) is 0 Å². The zero-order chi connectivity index (χ0) is 14.9. The largest absolute Gasteiger partial charge is 0.481 e. The van der Waals surface area contributed by atoms with Crippen LogP contribution < -0.4 is 5.32 Å². The van der Waals surface area contributed by atoms with Crippen molar-refractivity contribution in [2.75, 3.05) is 13.2 Å². The average molecular weight is 283 g/mol. The zero-order valence-electron chi connectivity index (χ0n) is 10.6. The SMILES string of the molecule is Cn1c(C(=O)NC2COCC2C(=O)O)ccc1[N+](=O)[O-]. The van der Waals surface area contributed by atoms with E-state index in [4.69, 9.17) is 9.84 Å². The van der Waals surface area contributed by atoms with Crippen LogP contribution in [0.15, 0.2) is 12.1 Å². The van der Waals surface area contributed by atoms with E-state index in [0.717, 1.165) is 4.57 Å². The van der Waals surface area contributed by atoms with Crippen LogP contribution in [-0.2, 0) is 16.6 Å². The topological polar surface area (TPSA) is 124 Å². The first-order valence-electron chi connectivity index (χ1n) is 5.83. The molecule has 0 aromatic carbocycles. The van der Waals surface area contributed by atoms with Gasteiger partial charge in [-0.05, 0) is 11.0 Å². The Morgan fingerprint density at radius 3 is 2.75 bits per heavy atom. The predicted octanol–water partition coefficient (Wildman–Crippen LogP) is -0.237. The summed E-state index contributed by atoms with van der Waals surface area (Å²) in [4.78, 5) is 33.1. The lowest BCUT2D eigenvalue weighted by Crippen LogP contribution is -2.43. The Morgan fingerprint density at radius 1 is 1.50 bits per heavy atom. The van der Waals surface area contributed by atoms with Crippen LogP contribution in [0, 0.1) is 16.0 Å². The van der Waals surface area contributed by atoms with Crippen molar-refractivity contribution in [3.8, 4) is 0 Å². The Kier molecular flexibility index (Phi) is 3.70. The molecule has 108 valence electrons. The summed E-state index contributed by atoms with van der Waals surface area (Å²) in [6.45, 7) is 0.142. The molecule has 9 heteroatoms. The number of carboxylic acid groups (broad SMARTS) is 1. The number of rotatable bonds is 4. The molecule has 0 spiro atoms. The van der Waals surface area contributed by atoms with Gasteiger partial charge in [0.05, 0.1) is 26.3 Å². The highest BCUT2D eigenvalue weighted by atomic mass is 16.6. The van der Waals surface area contributed by atoms with Gasteiger partial charge in [0, 0.05) is 6.07 Å². The third-order valence-electron chi connectivity index (χ3n) is 3.23. The highest BCUT2D eigenvalue weighted by Crippen LogP contribution is 2.17. The monoisotopic (exact) mass is 283 g/mol. The van der Waals surface area contributed by atoms with E-state index in [-0.39, 0.29) is 24.7 Å². The van der Waals surface area contributed by atoms with Crippen LogP contribution in [0.4, 0.5) is 5.82 Å². The number of hydrogen-bond acceptors (Lipinski definition) is 5. The standard InChI is InChI=1S/C11H13N3O6/c1-13-8(2-3-9(13)14(18)19)10(15)12-7-5-20-4-6(7)11(16)17/h2-3,6-7H,4-5H2,1H3,(H,12,15)(H,16,17). The normalized spacial score (nSPS) is 21.6. The van der Waals surface area contributed by atoms with Crippen molar-refractivity contribution in [2.24, 2.45) is 13.0 Å². The van der Waals surface area contributed by atoms with Crippen molar-refractivity contribution >= 4 is 17.7 Å². The zero-order valence-corrected chi connectivity index (χ0v) is 10.6. The van der Waals surface area contributed by atoms with Crippen LogP contribution in [0.1, 0.15) is 10.5 Å². The molecule has 20 heavy (non-hydrogen) atoms. The number of aromatic nitrogens is 1. The Morgan fingerprint density at radius 2 is 2.20 bits per heavy atom. The van der Waals surface area contributed by atoms with Crippen molar-refractivity contribution in [3.05, 3.63) is 27.9 Å². The number of amides is 1. The summed E-state index contributed by atoms with van der Waals surface area (Å²) < 4.78 is 6.17. The lowest BCUT2D eigenvalue weighted by molar-refractivity contribution is -0.391. The highest BCUT2D eigenvalue weighted by molar-refractivity contribution is 5.93. The second kappa shape index (κ2) is 5.29. The molecule has 1 fully saturated rings. The number of carbonyl (C=O) groups excluding carboxylic acids is 1. The van der Waals surface area contributed by atoms with Crippen molar-refractivity contribution < 1.29 is 24.4 Å². The van der Waals surface area contributed by atoms with Gasteiger partial charge in [-0.25, -0.2) is 4.57 Å². The Hall–Kier alpha value is -2.42.